The van der Waals surface area contributed by atoms with Gasteiger partial charge in [-0.15, -0.1) is 0 Å². The van der Waals surface area contributed by atoms with Crippen LogP contribution in [0.25, 0.3) is 10.9 Å². The first-order valence-corrected chi connectivity index (χ1v) is 5.95. The van der Waals surface area contributed by atoms with Crippen LogP contribution >= 0.6 is 0 Å². The van der Waals surface area contributed by atoms with Crippen LogP contribution in [0, 0.1) is 6.07 Å². The normalized spacial score (nSPS) is 10.7. The Hall–Kier alpha value is -2.22. The number of ether oxygens (including phenoxy) is 1. The number of rotatable bonds is 3. The molecule has 89 valence electrons. The molecule has 0 unspecified atom stereocenters. The van der Waals surface area contributed by atoms with Gasteiger partial charge in [0.15, 0.2) is 0 Å². The van der Waals surface area contributed by atoms with Gasteiger partial charge in [0.2, 0.25) is 0 Å². The zero-order valence-corrected chi connectivity index (χ0v) is 10.3. The molecule has 0 fully saturated rings. The fourth-order valence-electron chi connectivity index (χ4n) is 2.14. The van der Waals surface area contributed by atoms with Crippen molar-refractivity contribution in [3.8, 4) is 5.75 Å². The van der Waals surface area contributed by atoms with Crippen LogP contribution in [0.5, 0.6) is 5.75 Å². The number of nitrogens with zero attached hydrogens (tertiary/aromatic N) is 1. The summed E-state index contributed by atoms with van der Waals surface area (Å²) in [6.07, 6.45) is 2.00. The molecule has 0 N–H and O–H groups in total. The number of methoxy groups -OCH3 is 1. The first-order valence-electron chi connectivity index (χ1n) is 5.95. The van der Waals surface area contributed by atoms with Gasteiger partial charge in [0.1, 0.15) is 5.75 Å². The molecule has 0 bridgehead atoms. The number of aromatic nitrogens is 1. The van der Waals surface area contributed by atoms with Gasteiger partial charge in [0.25, 0.3) is 0 Å². The highest BCUT2D eigenvalue weighted by Crippen LogP contribution is 2.22. The Labute approximate surface area is 106 Å². The summed E-state index contributed by atoms with van der Waals surface area (Å²) in [5, 5.41) is 1.09. The Morgan fingerprint density at radius 1 is 1.11 bits per heavy atom. The van der Waals surface area contributed by atoms with Gasteiger partial charge < -0.3 is 9.30 Å². The number of benzene rings is 2. The van der Waals surface area contributed by atoms with Crippen LogP contribution in [0.4, 0.5) is 0 Å². The Morgan fingerprint density at radius 3 is 2.72 bits per heavy atom. The van der Waals surface area contributed by atoms with Crippen LogP contribution in [-0.2, 0) is 6.54 Å². The van der Waals surface area contributed by atoms with Crippen molar-refractivity contribution in [2.24, 2.45) is 0 Å². The zero-order chi connectivity index (χ0) is 12.4. The lowest BCUT2D eigenvalue weighted by Crippen LogP contribution is -1.97. The lowest BCUT2D eigenvalue weighted by Gasteiger charge is -2.06. The van der Waals surface area contributed by atoms with E-state index in [1.54, 1.807) is 7.11 Å². The van der Waals surface area contributed by atoms with Gasteiger partial charge in [-0.1, -0.05) is 30.3 Å². The van der Waals surface area contributed by atoms with Crippen LogP contribution in [0.1, 0.15) is 5.56 Å². The van der Waals surface area contributed by atoms with Gasteiger partial charge in [-0.25, -0.2) is 0 Å². The maximum Gasteiger partial charge on any atom is 0.119 e. The first kappa shape index (κ1) is 10.9. The molecule has 1 aromatic heterocycles. The second-order valence-corrected chi connectivity index (χ2v) is 4.27. The standard InChI is InChI=1S/C16H14NO/c1-18-15-7-8-16-14(11-15)9-10-17(16)12-13-5-3-2-4-6-13/h2-8,10-11H,12H2,1H3. The average molecular weight is 236 g/mol. The van der Waals surface area contributed by atoms with E-state index in [0.717, 1.165) is 17.7 Å². The molecule has 18 heavy (non-hydrogen) atoms. The Kier molecular flexibility index (Phi) is 2.77. The molecule has 3 aromatic rings. The zero-order valence-electron chi connectivity index (χ0n) is 10.3. The van der Waals surface area contributed by atoms with Gasteiger partial charge >= 0.3 is 0 Å². The Bertz CT molecular complexity index is 655. The first-order chi connectivity index (χ1) is 8.86. The third-order valence-electron chi connectivity index (χ3n) is 3.08. The molecule has 0 saturated carbocycles. The minimum absolute atomic E-state index is 0.868. The van der Waals surface area contributed by atoms with Crippen molar-refractivity contribution in [2.45, 2.75) is 6.54 Å². The fourth-order valence-corrected chi connectivity index (χ4v) is 2.14. The quantitative estimate of drug-likeness (QED) is 0.679. The summed E-state index contributed by atoms with van der Waals surface area (Å²) in [4.78, 5) is 0. The van der Waals surface area contributed by atoms with Crippen LogP contribution in [0.15, 0.2) is 54.7 Å². The Balaban J connectivity index is 1.98. The van der Waals surface area contributed by atoms with Gasteiger partial charge in [0.05, 0.1) is 7.11 Å². The summed E-state index contributed by atoms with van der Waals surface area (Å²) < 4.78 is 7.42. The van der Waals surface area contributed by atoms with Gasteiger partial charge in [-0.05, 0) is 23.8 Å². The largest absolute Gasteiger partial charge is 0.497 e. The maximum atomic E-state index is 5.22. The molecule has 0 aliphatic rings. The van der Waals surface area contributed by atoms with Gasteiger partial charge in [-0.2, -0.15) is 0 Å². The number of fused-ring (bicyclic) bond motifs is 1. The van der Waals surface area contributed by atoms with Crippen LogP contribution < -0.4 is 4.74 Å². The third-order valence-corrected chi connectivity index (χ3v) is 3.08. The summed E-state index contributed by atoms with van der Waals surface area (Å²) in [7, 11) is 1.68. The van der Waals surface area contributed by atoms with E-state index >= 15 is 0 Å². The molecule has 2 nitrogen and oxygen atoms in total. The molecule has 0 atom stereocenters. The van der Waals surface area contributed by atoms with Crippen LogP contribution in [-0.4, -0.2) is 11.7 Å². The lowest BCUT2D eigenvalue weighted by atomic mass is 10.2. The molecule has 0 spiro atoms. The van der Waals surface area contributed by atoms with Gasteiger partial charge in [-0.3, -0.25) is 0 Å². The molecule has 0 aliphatic carbocycles. The van der Waals surface area contributed by atoms with Crippen molar-refractivity contribution in [3.63, 3.8) is 0 Å². The van der Waals surface area contributed by atoms with E-state index in [1.165, 1.54) is 11.1 Å². The van der Waals surface area contributed by atoms with Crippen molar-refractivity contribution >= 4 is 10.9 Å². The van der Waals surface area contributed by atoms with E-state index < -0.39 is 0 Å². The molecule has 2 aromatic carbocycles. The predicted molar refractivity (Wildman–Crippen MR) is 72.9 cm³/mol. The minimum atomic E-state index is 0.868. The highest BCUT2D eigenvalue weighted by molar-refractivity contribution is 5.81. The molecular weight excluding hydrogens is 222 g/mol. The Morgan fingerprint density at radius 2 is 1.94 bits per heavy atom. The summed E-state index contributed by atoms with van der Waals surface area (Å²) in [5.41, 5.74) is 2.47. The smallest absolute Gasteiger partial charge is 0.119 e. The number of hydrogen-bond donors (Lipinski definition) is 0. The molecule has 2 heteroatoms. The molecule has 1 heterocycles. The van der Waals surface area contributed by atoms with E-state index in [1.807, 2.05) is 24.4 Å². The van der Waals surface area contributed by atoms with Crippen LogP contribution in [0.3, 0.4) is 0 Å². The summed E-state index contributed by atoms with van der Waals surface area (Å²) >= 11 is 0. The van der Waals surface area contributed by atoms with Crippen molar-refractivity contribution in [1.82, 2.24) is 4.57 Å². The molecule has 0 aliphatic heterocycles. The minimum Gasteiger partial charge on any atom is -0.497 e. The highest BCUT2D eigenvalue weighted by Gasteiger charge is 2.03. The summed E-state index contributed by atoms with van der Waals surface area (Å²) in [5.74, 6) is 0.871. The van der Waals surface area contributed by atoms with Crippen molar-refractivity contribution in [2.75, 3.05) is 7.11 Å². The molecule has 0 amide bonds. The fraction of sp³-hybridized carbons (Fsp3) is 0.125. The van der Waals surface area contributed by atoms with Gasteiger partial charge in [0, 0.05) is 29.7 Å². The van der Waals surface area contributed by atoms with E-state index in [-0.39, 0.29) is 0 Å². The highest BCUT2D eigenvalue weighted by atomic mass is 16.5. The molecular formula is C16H14NO. The van der Waals surface area contributed by atoms with Crippen molar-refractivity contribution in [1.29, 1.82) is 0 Å². The monoisotopic (exact) mass is 236 g/mol. The topological polar surface area (TPSA) is 14.2 Å². The predicted octanol–water partition coefficient (Wildman–Crippen LogP) is 3.50. The average Bonchev–Trinajstić information content (AvgIpc) is 2.82. The SMILES string of the molecule is COc1ccc2c([c]cn2Cc2ccccc2)c1. The summed E-state index contributed by atoms with van der Waals surface area (Å²) in [6, 6.07) is 19.8. The second kappa shape index (κ2) is 4.57. The van der Waals surface area contributed by atoms with E-state index in [0.29, 0.717) is 0 Å². The molecule has 1 radical (unpaired) electrons. The molecule has 3 rings (SSSR count). The third kappa shape index (κ3) is 1.97. The molecule has 0 saturated heterocycles. The summed E-state index contributed by atoms with van der Waals surface area (Å²) in [6.45, 7) is 0.868. The van der Waals surface area contributed by atoms with E-state index in [9.17, 15) is 0 Å². The van der Waals surface area contributed by atoms with Crippen molar-refractivity contribution < 1.29 is 4.74 Å². The van der Waals surface area contributed by atoms with Crippen LogP contribution in [0.2, 0.25) is 0 Å². The van der Waals surface area contributed by atoms with E-state index in [2.05, 4.69) is 41.0 Å². The maximum absolute atomic E-state index is 5.22. The van der Waals surface area contributed by atoms with E-state index in [4.69, 9.17) is 4.74 Å². The van der Waals surface area contributed by atoms with Crippen molar-refractivity contribution in [3.05, 3.63) is 66.4 Å². The second-order valence-electron chi connectivity index (χ2n) is 4.27. The lowest BCUT2D eigenvalue weighted by molar-refractivity contribution is 0.415. The number of hydrogen-bond acceptors (Lipinski definition) is 1.